The molecule has 1 amide bonds. The van der Waals surface area contributed by atoms with Gasteiger partial charge in [0.15, 0.2) is 0 Å². The van der Waals surface area contributed by atoms with Crippen molar-refractivity contribution in [2.24, 2.45) is 0 Å². The Morgan fingerprint density at radius 3 is 2.71 bits per heavy atom. The van der Waals surface area contributed by atoms with Gasteiger partial charge in [0.1, 0.15) is 22.8 Å². The van der Waals surface area contributed by atoms with Crippen molar-refractivity contribution in [3.8, 4) is 0 Å². The number of aromatic nitrogens is 1. The van der Waals surface area contributed by atoms with Gasteiger partial charge in [0, 0.05) is 11.1 Å². The van der Waals surface area contributed by atoms with Crippen LogP contribution in [0.4, 0.5) is 14.5 Å². The molecule has 1 aliphatic rings. The van der Waals surface area contributed by atoms with Gasteiger partial charge in [-0.1, -0.05) is 18.2 Å². The molecule has 6 nitrogen and oxygen atoms in total. The number of thiazole rings is 1. The second kappa shape index (κ2) is 8.27. The first kappa shape index (κ1) is 20.7. The Kier molecular flexibility index (Phi) is 5.51. The number of esters is 1. The molecule has 31 heavy (non-hydrogen) atoms. The number of halogens is 2. The summed E-state index contributed by atoms with van der Waals surface area (Å²) in [4.78, 5) is 37.9. The third kappa shape index (κ3) is 3.91. The van der Waals surface area contributed by atoms with Crippen molar-refractivity contribution in [2.75, 3.05) is 11.9 Å². The number of carbonyl (C=O) groups excluding carboxylic acids is 2. The molecule has 0 radical (unpaired) electrons. The molecule has 0 saturated heterocycles. The van der Waals surface area contributed by atoms with Gasteiger partial charge in [-0.25, -0.2) is 8.78 Å². The smallest absolute Gasteiger partial charge is 0.326 e. The van der Waals surface area contributed by atoms with E-state index < -0.39 is 35.6 Å². The van der Waals surface area contributed by atoms with Gasteiger partial charge in [-0.15, -0.1) is 11.3 Å². The minimum Gasteiger partial charge on any atom is -0.465 e. The topological polar surface area (TPSA) is 77.4 Å². The lowest BCUT2D eigenvalue weighted by atomic mass is 10.1. The van der Waals surface area contributed by atoms with Gasteiger partial charge in [0.05, 0.1) is 22.4 Å². The fraction of sp³-hybridized carbons (Fsp3) is 0.136. The van der Waals surface area contributed by atoms with Crippen molar-refractivity contribution in [3.63, 3.8) is 0 Å². The third-order valence-corrected chi connectivity index (χ3v) is 5.76. The molecule has 9 heteroatoms. The van der Waals surface area contributed by atoms with Crippen molar-refractivity contribution in [1.82, 2.24) is 4.57 Å². The van der Waals surface area contributed by atoms with Crippen LogP contribution < -0.4 is 20.1 Å². The Balaban J connectivity index is 2.02. The van der Waals surface area contributed by atoms with Crippen molar-refractivity contribution in [2.45, 2.75) is 13.5 Å². The van der Waals surface area contributed by atoms with E-state index in [0.717, 1.165) is 15.9 Å². The lowest BCUT2D eigenvalue weighted by molar-refractivity contribution is -0.143. The highest BCUT2D eigenvalue weighted by atomic mass is 32.1. The number of ether oxygens (including phenoxy) is 1. The average molecular weight is 442 g/mol. The van der Waals surface area contributed by atoms with Crippen LogP contribution in [0.1, 0.15) is 18.1 Å². The molecule has 0 aliphatic carbocycles. The van der Waals surface area contributed by atoms with Crippen molar-refractivity contribution in [1.29, 1.82) is 0 Å². The van der Waals surface area contributed by atoms with Gasteiger partial charge in [-0.05, 0) is 37.3 Å². The number of nitrogens with zero attached hydrogens (tertiary/aromatic N) is 1. The van der Waals surface area contributed by atoms with Crippen LogP contribution in [0.5, 0.6) is 0 Å². The number of carbonyl (C=O) groups is 2. The van der Waals surface area contributed by atoms with Gasteiger partial charge in [0.25, 0.3) is 11.5 Å². The average Bonchev–Trinajstić information content (AvgIpc) is 3.19. The zero-order chi connectivity index (χ0) is 22.1. The molecule has 1 N–H and O–H groups in total. The number of hydrogen-bond donors (Lipinski definition) is 1. The molecule has 1 aliphatic heterocycles. The highest BCUT2D eigenvalue weighted by Crippen LogP contribution is 2.30. The van der Waals surface area contributed by atoms with Gasteiger partial charge in [0.2, 0.25) is 0 Å². The lowest BCUT2D eigenvalue weighted by Gasteiger charge is -2.04. The van der Waals surface area contributed by atoms with E-state index >= 15 is 0 Å². The fourth-order valence-corrected chi connectivity index (χ4v) is 4.43. The number of amides is 1. The second-order valence-corrected chi connectivity index (χ2v) is 7.68. The molecule has 158 valence electrons. The molecule has 0 unspecified atom stereocenters. The first-order valence-electron chi connectivity index (χ1n) is 9.36. The highest BCUT2D eigenvalue weighted by Gasteiger charge is 2.28. The van der Waals surface area contributed by atoms with Crippen LogP contribution in [-0.4, -0.2) is 23.1 Å². The Hall–Kier alpha value is -3.59. The fourth-order valence-electron chi connectivity index (χ4n) is 3.28. The van der Waals surface area contributed by atoms with Crippen LogP contribution in [0.25, 0.3) is 11.6 Å². The van der Waals surface area contributed by atoms with Crippen LogP contribution in [-0.2, 0) is 20.9 Å². The largest absolute Gasteiger partial charge is 0.465 e. The van der Waals surface area contributed by atoms with Gasteiger partial charge >= 0.3 is 5.97 Å². The highest BCUT2D eigenvalue weighted by molar-refractivity contribution is 7.07. The predicted octanol–water partition coefficient (Wildman–Crippen LogP) is 1.73. The summed E-state index contributed by atoms with van der Waals surface area (Å²) in [6.45, 7) is 1.34. The number of fused-ring (bicyclic) bond motifs is 1. The molecule has 2 aromatic carbocycles. The normalized spacial score (nSPS) is 15.1. The molecule has 2 heterocycles. The molecule has 1 aromatic heterocycles. The van der Waals surface area contributed by atoms with Crippen LogP contribution in [0.3, 0.4) is 0 Å². The molecule has 0 fully saturated rings. The summed E-state index contributed by atoms with van der Waals surface area (Å²) in [5.41, 5.74) is 0.437. The Morgan fingerprint density at radius 2 is 1.97 bits per heavy atom. The molecule has 0 saturated carbocycles. The quantitative estimate of drug-likeness (QED) is 0.625. The van der Waals surface area contributed by atoms with Crippen molar-refractivity contribution < 1.29 is 23.1 Å². The summed E-state index contributed by atoms with van der Waals surface area (Å²) >= 11 is 0.947. The molecule has 4 rings (SSSR count). The number of rotatable bonds is 4. The summed E-state index contributed by atoms with van der Waals surface area (Å²) in [6.07, 6.45) is 1.37. The molecular formula is C22H16F2N2O4S. The second-order valence-electron chi connectivity index (χ2n) is 6.65. The van der Waals surface area contributed by atoms with E-state index in [0.29, 0.717) is 5.56 Å². The van der Waals surface area contributed by atoms with Crippen LogP contribution in [0.2, 0.25) is 0 Å². The Bertz CT molecular complexity index is 1390. The van der Waals surface area contributed by atoms with E-state index in [-0.39, 0.29) is 32.6 Å². The zero-order valence-corrected chi connectivity index (χ0v) is 17.1. The van der Waals surface area contributed by atoms with E-state index in [1.54, 1.807) is 13.0 Å². The molecule has 0 atom stereocenters. The van der Waals surface area contributed by atoms with Crippen LogP contribution in [0, 0.1) is 11.6 Å². The Morgan fingerprint density at radius 1 is 1.19 bits per heavy atom. The monoisotopic (exact) mass is 442 g/mol. The number of hydrogen-bond acceptors (Lipinski definition) is 5. The predicted molar refractivity (Wildman–Crippen MR) is 112 cm³/mol. The zero-order valence-electron chi connectivity index (χ0n) is 16.3. The van der Waals surface area contributed by atoms with E-state index in [1.165, 1.54) is 42.5 Å². The van der Waals surface area contributed by atoms with E-state index in [2.05, 4.69) is 5.32 Å². The summed E-state index contributed by atoms with van der Waals surface area (Å²) < 4.78 is 34.1. The third-order valence-electron chi connectivity index (χ3n) is 4.63. The summed E-state index contributed by atoms with van der Waals surface area (Å²) in [7, 11) is 0. The van der Waals surface area contributed by atoms with Gasteiger partial charge in [-0.2, -0.15) is 0 Å². The van der Waals surface area contributed by atoms with E-state index in [9.17, 15) is 23.2 Å². The minimum atomic E-state index is -0.653. The van der Waals surface area contributed by atoms with E-state index in [4.69, 9.17) is 4.74 Å². The van der Waals surface area contributed by atoms with Crippen LogP contribution >= 0.6 is 11.3 Å². The maximum absolute atomic E-state index is 14.1. The molecule has 3 aromatic rings. The maximum atomic E-state index is 14.1. The number of benzene rings is 2. The SMILES string of the molecule is CCOC(=O)Cn1c(=O)/c(=C/c2ccccc2F)s/c1=C1/C(=O)Nc2cc(F)ccc21. The number of anilines is 1. The first-order chi connectivity index (χ1) is 14.9. The summed E-state index contributed by atoms with van der Waals surface area (Å²) in [5, 5.41) is 2.57. The molecule has 0 spiro atoms. The van der Waals surface area contributed by atoms with Gasteiger partial charge in [-0.3, -0.25) is 19.0 Å². The van der Waals surface area contributed by atoms with Crippen molar-refractivity contribution >= 4 is 40.5 Å². The molecule has 0 bridgehead atoms. The standard InChI is InChI=1S/C22H16F2N2O4S/c1-2-30-18(27)11-26-21(29)17(9-12-5-3-4-6-15(12)24)31-22(26)19-14-8-7-13(23)10-16(14)25-20(19)28/h3-10H,2,11H2,1H3,(H,25,28)/b17-9-,22-19+. The Labute approximate surface area is 178 Å². The van der Waals surface area contributed by atoms with Crippen LogP contribution in [0.15, 0.2) is 47.3 Å². The lowest BCUT2D eigenvalue weighted by Crippen LogP contribution is -2.36. The van der Waals surface area contributed by atoms with Crippen molar-refractivity contribution in [3.05, 3.63) is 84.8 Å². The van der Waals surface area contributed by atoms with Gasteiger partial charge < -0.3 is 10.1 Å². The summed E-state index contributed by atoms with van der Waals surface area (Å²) in [6, 6.07) is 9.74. The summed E-state index contributed by atoms with van der Waals surface area (Å²) in [5.74, 6) is -2.22. The minimum absolute atomic E-state index is 0.125. The molecular weight excluding hydrogens is 426 g/mol. The van der Waals surface area contributed by atoms with E-state index in [1.807, 2.05) is 0 Å². The maximum Gasteiger partial charge on any atom is 0.326 e. The number of nitrogens with one attached hydrogen (secondary N) is 1. The first-order valence-corrected chi connectivity index (χ1v) is 10.2.